The van der Waals surface area contributed by atoms with Crippen molar-refractivity contribution in [1.82, 2.24) is 0 Å². The van der Waals surface area contributed by atoms with Gasteiger partial charge in [-0.1, -0.05) is 59.6 Å². The maximum atomic E-state index is 6.16. The van der Waals surface area contributed by atoms with E-state index < -0.39 is 0 Å². The lowest BCUT2D eigenvalue weighted by Crippen LogP contribution is -2.34. The van der Waals surface area contributed by atoms with Crippen molar-refractivity contribution >= 4 is 28.9 Å². The summed E-state index contributed by atoms with van der Waals surface area (Å²) in [6, 6.07) is 16.7. The van der Waals surface area contributed by atoms with E-state index >= 15 is 0 Å². The molecule has 0 saturated heterocycles. The minimum Gasteiger partial charge on any atom is -0.380 e. The molecule has 1 aliphatic rings. The zero-order chi connectivity index (χ0) is 13.2. The van der Waals surface area contributed by atoms with E-state index in [1.165, 1.54) is 5.56 Å². The third-order valence-electron chi connectivity index (χ3n) is 3.72. The number of hydrogen-bond donors (Lipinski definition) is 1. The van der Waals surface area contributed by atoms with Gasteiger partial charge in [0.05, 0.1) is 15.7 Å². The highest BCUT2D eigenvalue weighted by molar-refractivity contribution is 6.39. The molecule has 1 aliphatic carbocycles. The average Bonchev–Trinajstić information content (AvgIpc) is 2.37. The van der Waals surface area contributed by atoms with Gasteiger partial charge in [0.1, 0.15) is 0 Å². The minimum absolute atomic E-state index is 0.461. The maximum absolute atomic E-state index is 6.16. The molecule has 0 aliphatic heterocycles. The number of benzene rings is 2. The van der Waals surface area contributed by atoms with Crippen LogP contribution in [-0.2, 0) is 0 Å². The SMILES string of the molecule is Clc1cccc(Cl)c1NC1CC(c2ccccc2)C1. The first-order chi connectivity index (χ1) is 9.24. The van der Waals surface area contributed by atoms with Crippen molar-refractivity contribution in [2.24, 2.45) is 0 Å². The van der Waals surface area contributed by atoms with Crippen LogP contribution < -0.4 is 5.32 Å². The smallest absolute Gasteiger partial charge is 0.0721 e. The molecular formula is C16H15Cl2N. The molecule has 2 aromatic carbocycles. The lowest BCUT2D eigenvalue weighted by Gasteiger charge is -2.37. The summed E-state index contributed by atoms with van der Waals surface area (Å²) < 4.78 is 0. The van der Waals surface area contributed by atoms with Gasteiger partial charge in [-0.2, -0.15) is 0 Å². The van der Waals surface area contributed by atoms with Crippen LogP contribution in [0.25, 0.3) is 0 Å². The van der Waals surface area contributed by atoms with E-state index in [2.05, 4.69) is 35.6 Å². The van der Waals surface area contributed by atoms with E-state index in [1.54, 1.807) is 0 Å². The Balaban J connectivity index is 1.63. The van der Waals surface area contributed by atoms with E-state index in [4.69, 9.17) is 23.2 Å². The van der Waals surface area contributed by atoms with Gasteiger partial charge in [-0.3, -0.25) is 0 Å². The Hall–Kier alpha value is -1.18. The second-order valence-corrected chi connectivity index (χ2v) is 5.83. The zero-order valence-corrected chi connectivity index (χ0v) is 12.0. The fraction of sp³-hybridized carbons (Fsp3) is 0.250. The summed E-state index contributed by atoms with van der Waals surface area (Å²) in [5, 5.41) is 4.83. The van der Waals surface area contributed by atoms with Crippen LogP contribution in [0.2, 0.25) is 10.0 Å². The Kier molecular flexibility index (Phi) is 3.67. The molecule has 1 saturated carbocycles. The van der Waals surface area contributed by atoms with E-state index in [1.807, 2.05) is 18.2 Å². The van der Waals surface area contributed by atoms with Crippen molar-refractivity contribution in [3.8, 4) is 0 Å². The molecule has 0 bridgehead atoms. The molecular weight excluding hydrogens is 277 g/mol. The first-order valence-corrected chi connectivity index (χ1v) is 7.25. The summed E-state index contributed by atoms with van der Waals surface area (Å²) >= 11 is 12.3. The van der Waals surface area contributed by atoms with E-state index in [0.717, 1.165) is 18.5 Å². The molecule has 2 aromatic rings. The Morgan fingerprint density at radius 2 is 1.47 bits per heavy atom. The van der Waals surface area contributed by atoms with Crippen LogP contribution in [0.15, 0.2) is 48.5 Å². The average molecular weight is 292 g/mol. The van der Waals surface area contributed by atoms with Gasteiger partial charge in [0.25, 0.3) is 0 Å². The molecule has 0 amide bonds. The first-order valence-electron chi connectivity index (χ1n) is 6.49. The van der Waals surface area contributed by atoms with Gasteiger partial charge in [0, 0.05) is 6.04 Å². The van der Waals surface area contributed by atoms with Gasteiger partial charge in [0.2, 0.25) is 0 Å². The van der Waals surface area contributed by atoms with Gasteiger partial charge in [-0.25, -0.2) is 0 Å². The number of halogens is 2. The van der Waals surface area contributed by atoms with Gasteiger partial charge >= 0.3 is 0 Å². The Morgan fingerprint density at radius 3 is 2.11 bits per heavy atom. The Morgan fingerprint density at radius 1 is 0.842 bits per heavy atom. The van der Waals surface area contributed by atoms with Gasteiger partial charge in [-0.05, 0) is 36.5 Å². The normalized spacial score (nSPS) is 21.8. The number of para-hydroxylation sites is 1. The van der Waals surface area contributed by atoms with Gasteiger partial charge in [-0.15, -0.1) is 0 Å². The van der Waals surface area contributed by atoms with E-state index in [9.17, 15) is 0 Å². The molecule has 3 rings (SSSR count). The summed E-state index contributed by atoms with van der Waals surface area (Å²) in [5.74, 6) is 0.653. The molecule has 0 heterocycles. The van der Waals surface area contributed by atoms with Crippen LogP contribution in [0.4, 0.5) is 5.69 Å². The zero-order valence-electron chi connectivity index (χ0n) is 10.4. The molecule has 0 spiro atoms. The van der Waals surface area contributed by atoms with Gasteiger partial charge < -0.3 is 5.32 Å². The molecule has 0 atom stereocenters. The van der Waals surface area contributed by atoms with Crippen molar-refractivity contribution in [1.29, 1.82) is 0 Å². The number of hydrogen-bond acceptors (Lipinski definition) is 1. The quantitative estimate of drug-likeness (QED) is 0.804. The molecule has 19 heavy (non-hydrogen) atoms. The minimum atomic E-state index is 0.461. The molecule has 0 radical (unpaired) electrons. The largest absolute Gasteiger partial charge is 0.380 e. The number of rotatable bonds is 3. The number of nitrogens with one attached hydrogen (secondary N) is 1. The van der Waals surface area contributed by atoms with Crippen LogP contribution >= 0.6 is 23.2 Å². The van der Waals surface area contributed by atoms with Crippen molar-refractivity contribution in [2.75, 3.05) is 5.32 Å². The lowest BCUT2D eigenvalue weighted by atomic mass is 9.76. The van der Waals surface area contributed by atoms with Crippen LogP contribution in [0.5, 0.6) is 0 Å². The summed E-state index contributed by atoms with van der Waals surface area (Å²) in [6.07, 6.45) is 2.26. The van der Waals surface area contributed by atoms with Crippen LogP contribution in [-0.4, -0.2) is 6.04 Å². The first kappa shape index (κ1) is 12.8. The molecule has 98 valence electrons. The third kappa shape index (κ3) is 2.72. The molecule has 0 aromatic heterocycles. The van der Waals surface area contributed by atoms with Gasteiger partial charge in [0.15, 0.2) is 0 Å². The predicted octanol–water partition coefficient (Wildman–Crippen LogP) is 5.35. The summed E-state index contributed by atoms with van der Waals surface area (Å²) in [5.41, 5.74) is 2.29. The van der Waals surface area contributed by atoms with Crippen molar-refractivity contribution in [3.05, 3.63) is 64.1 Å². The highest BCUT2D eigenvalue weighted by atomic mass is 35.5. The fourth-order valence-electron chi connectivity index (χ4n) is 2.57. The highest BCUT2D eigenvalue weighted by Gasteiger charge is 2.30. The molecule has 0 unspecified atom stereocenters. The second kappa shape index (κ2) is 5.44. The fourth-order valence-corrected chi connectivity index (χ4v) is 3.08. The van der Waals surface area contributed by atoms with Crippen LogP contribution in [0.3, 0.4) is 0 Å². The standard InChI is InChI=1S/C16H15Cl2N/c17-14-7-4-8-15(18)16(14)19-13-9-12(10-13)11-5-2-1-3-6-11/h1-8,12-13,19H,9-10H2. The van der Waals surface area contributed by atoms with Crippen molar-refractivity contribution < 1.29 is 0 Å². The Labute approximate surface area is 123 Å². The lowest BCUT2D eigenvalue weighted by molar-refractivity contribution is 0.374. The molecule has 3 heteroatoms. The highest BCUT2D eigenvalue weighted by Crippen LogP contribution is 2.40. The Bertz CT molecular complexity index is 542. The second-order valence-electron chi connectivity index (χ2n) is 5.02. The van der Waals surface area contributed by atoms with Crippen LogP contribution in [0.1, 0.15) is 24.3 Å². The molecule has 1 fully saturated rings. The van der Waals surface area contributed by atoms with Crippen molar-refractivity contribution in [3.63, 3.8) is 0 Å². The van der Waals surface area contributed by atoms with Crippen molar-refractivity contribution in [2.45, 2.75) is 24.8 Å². The summed E-state index contributed by atoms with van der Waals surface area (Å²) in [4.78, 5) is 0. The number of anilines is 1. The molecule has 1 nitrogen and oxygen atoms in total. The van der Waals surface area contributed by atoms with E-state index in [0.29, 0.717) is 22.0 Å². The summed E-state index contributed by atoms with van der Waals surface area (Å²) in [7, 11) is 0. The summed E-state index contributed by atoms with van der Waals surface area (Å²) in [6.45, 7) is 0. The molecule has 1 N–H and O–H groups in total. The third-order valence-corrected chi connectivity index (χ3v) is 4.35. The maximum Gasteiger partial charge on any atom is 0.0721 e. The predicted molar refractivity (Wildman–Crippen MR) is 82.3 cm³/mol. The monoisotopic (exact) mass is 291 g/mol. The topological polar surface area (TPSA) is 12.0 Å². The van der Waals surface area contributed by atoms with Crippen LogP contribution in [0, 0.1) is 0 Å². The van der Waals surface area contributed by atoms with E-state index in [-0.39, 0.29) is 0 Å².